The van der Waals surface area contributed by atoms with Gasteiger partial charge in [0.2, 0.25) is 5.91 Å². The van der Waals surface area contributed by atoms with Crippen LogP contribution in [0.25, 0.3) is 0 Å². The van der Waals surface area contributed by atoms with E-state index >= 15 is 0 Å². The van der Waals surface area contributed by atoms with Crippen LogP contribution in [0.4, 0.5) is 0 Å². The first kappa shape index (κ1) is 87.1. The van der Waals surface area contributed by atoms with Gasteiger partial charge in [0.1, 0.15) is 73.2 Å². The van der Waals surface area contributed by atoms with E-state index in [9.17, 15) is 61.0 Å². The van der Waals surface area contributed by atoms with E-state index in [-0.39, 0.29) is 18.9 Å². The molecule has 19 nitrogen and oxygen atoms in total. The fourth-order valence-corrected chi connectivity index (χ4v) is 11.6. The molecule has 3 heterocycles. The van der Waals surface area contributed by atoms with Gasteiger partial charge >= 0.3 is 0 Å². The molecule has 12 N–H and O–H groups in total. The van der Waals surface area contributed by atoms with E-state index < -0.39 is 124 Å². The number of unbranched alkanes of at least 4 members (excludes halogenated alkanes) is 17. The topological polar surface area (TPSA) is 307 Å². The van der Waals surface area contributed by atoms with E-state index in [1.165, 1.54) is 44.9 Å². The molecule has 0 aromatic rings. The minimum atomic E-state index is -1.98. The zero-order valence-corrected chi connectivity index (χ0v) is 58.7. The van der Waals surface area contributed by atoms with E-state index in [4.69, 9.17) is 28.4 Å². The first-order chi connectivity index (χ1) is 47.3. The van der Waals surface area contributed by atoms with Gasteiger partial charge in [-0.25, -0.2) is 0 Å². The summed E-state index contributed by atoms with van der Waals surface area (Å²) in [6, 6.07) is -0.901. The summed E-state index contributed by atoms with van der Waals surface area (Å²) in [4.78, 5) is 13.4. The summed E-state index contributed by atoms with van der Waals surface area (Å²) in [5.41, 5.74) is 0. The molecule has 3 saturated heterocycles. The summed E-state index contributed by atoms with van der Waals surface area (Å²) in [5.74, 6) is -0.261. The van der Waals surface area contributed by atoms with Crippen LogP contribution in [0.2, 0.25) is 0 Å². The van der Waals surface area contributed by atoms with Crippen molar-refractivity contribution in [3.05, 3.63) is 134 Å². The molecule has 3 aliphatic rings. The Balaban J connectivity index is 1.32. The number of carbonyl (C=O) groups is 1. The normalized spacial score (nSPS) is 27.7. The molecule has 3 aliphatic heterocycles. The van der Waals surface area contributed by atoms with Gasteiger partial charge in [-0.3, -0.25) is 4.79 Å². The lowest BCUT2D eigenvalue weighted by Crippen LogP contribution is -2.66. The minimum absolute atomic E-state index is 0.245. The van der Waals surface area contributed by atoms with Gasteiger partial charge in [0.15, 0.2) is 18.9 Å². The fraction of sp³-hybridized carbons (Fsp3) is 0.705. The Kier molecular flexibility index (Phi) is 51.7. The monoisotopic (exact) mass is 1370 g/mol. The number of allylic oxidation sites excluding steroid dienone is 22. The molecule has 19 heteroatoms. The summed E-state index contributed by atoms with van der Waals surface area (Å²) in [5, 5.41) is 121. The average molecular weight is 1370 g/mol. The third-order valence-corrected chi connectivity index (χ3v) is 17.5. The summed E-state index contributed by atoms with van der Waals surface area (Å²) >= 11 is 0. The molecule has 0 saturated carbocycles. The largest absolute Gasteiger partial charge is 0.394 e. The first-order valence-corrected chi connectivity index (χ1v) is 36.9. The van der Waals surface area contributed by atoms with E-state index in [1.54, 1.807) is 0 Å². The van der Waals surface area contributed by atoms with E-state index in [0.29, 0.717) is 12.8 Å². The molecule has 0 radical (unpaired) electrons. The molecule has 0 aromatic heterocycles. The second-order valence-corrected chi connectivity index (χ2v) is 25.7. The van der Waals surface area contributed by atoms with Gasteiger partial charge in [-0.2, -0.15) is 0 Å². The summed E-state index contributed by atoms with van der Waals surface area (Å²) in [6.45, 7) is 1.63. The number of aliphatic hydroxyl groups is 11. The van der Waals surface area contributed by atoms with Crippen molar-refractivity contribution in [2.45, 2.75) is 324 Å². The van der Waals surface area contributed by atoms with Crippen LogP contribution < -0.4 is 5.32 Å². The van der Waals surface area contributed by atoms with Crippen molar-refractivity contribution in [2.24, 2.45) is 0 Å². The molecule has 554 valence electrons. The lowest BCUT2D eigenvalue weighted by atomic mass is 9.96. The fourth-order valence-electron chi connectivity index (χ4n) is 11.6. The van der Waals surface area contributed by atoms with Gasteiger partial charge in [-0.15, -0.1) is 0 Å². The highest BCUT2D eigenvalue weighted by molar-refractivity contribution is 5.76. The molecule has 0 aromatic carbocycles. The molecular formula is C78H129NO18. The van der Waals surface area contributed by atoms with Crippen molar-refractivity contribution in [3.8, 4) is 0 Å². The van der Waals surface area contributed by atoms with Crippen LogP contribution in [0.1, 0.15) is 219 Å². The zero-order chi connectivity index (χ0) is 70.4. The quantitative estimate of drug-likeness (QED) is 0.0199. The number of rotatable bonds is 55. The van der Waals surface area contributed by atoms with Crippen molar-refractivity contribution in [1.29, 1.82) is 0 Å². The highest BCUT2D eigenvalue weighted by atomic mass is 16.8. The maximum Gasteiger partial charge on any atom is 0.220 e. The molecule has 3 fully saturated rings. The molecule has 17 unspecified atom stereocenters. The van der Waals surface area contributed by atoms with Crippen molar-refractivity contribution in [2.75, 3.05) is 26.4 Å². The summed E-state index contributed by atoms with van der Waals surface area (Å²) in [6.07, 6.45) is 54.1. The van der Waals surface area contributed by atoms with E-state index in [1.807, 2.05) is 0 Å². The first-order valence-electron chi connectivity index (χ1n) is 36.9. The molecule has 3 rings (SSSR count). The van der Waals surface area contributed by atoms with Gasteiger partial charge in [0.05, 0.1) is 38.6 Å². The Hall–Kier alpha value is -4.07. The van der Waals surface area contributed by atoms with Crippen molar-refractivity contribution < 1.29 is 89.4 Å². The molecular weight excluding hydrogens is 1240 g/mol. The van der Waals surface area contributed by atoms with Crippen LogP contribution >= 0.6 is 0 Å². The predicted molar refractivity (Wildman–Crippen MR) is 383 cm³/mol. The van der Waals surface area contributed by atoms with Crippen molar-refractivity contribution in [1.82, 2.24) is 5.32 Å². The Morgan fingerprint density at radius 2 is 0.711 bits per heavy atom. The Bertz CT molecular complexity index is 2280. The molecule has 17 atom stereocenters. The Morgan fingerprint density at radius 1 is 0.381 bits per heavy atom. The van der Waals surface area contributed by atoms with Gasteiger partial charge in [-0.1, -0.05) is 250 Å². The van der Waals surface area contributed by atoms with Crippen LogP contribution in [0.15, 0.2) is 134 Å². The van der Waals surface area contributed by atoms with E-state index in [0.717, 1.165) is 141 Å². The van der Waals surface area contributed by atoms with Crippen LogP contribution in [-0.4, -0.2) is 193 Å². The Labute approximate surface area is 581 Å². The second kappa shape index (κ2) is 57.5. The minimum Gasteiger partial charge on any atom is -0.394 e. The third kappa shape index (κ3) is 38.5. The average Bonchev–Trinajstić information content (AvgIpc) is 0.790. The molecule has 1 amide bonds. The highest BCUT2D eigenvalue weighted by Gasteiger charge is 2.53. The number of nitrogens with one attached hydrogen (secondary N) is 1. The smallest absolute Gasteiger partial charge is 0.220 e. The number of hydrogen-bond acceptors (Lipinski definition) is 18. The van der Waals surface area contributed by atoms with Crippen molar-refractivity contribution >= 4 is 5.91 Å². The van der Waals surface area contributed by atoms with Gasteiger partial charge < -0.3 is 89.9 Å². The maximum absolute atomic E-state index is 13.4. The van der Waals surface area contributed by atoms with Crippen molar-refractivity contribution in [3.63, 3.8) is 0 Å². The highest BCUT2D eigenvalue weighted by Crippen LogP contribution is 2.33. The van der Waals surface area contributed by atoms with Crippen LogP contribution in [0, 0.1) is 0 Å². The number of carbonyl (C=O) groups excluding carboxylic acids is 1. The summed E-state index contributed by atoms with van der Waals surface area (Å²) < 4.78 is 34.3. The van der Waals surface area contributed by atoms with Gasteiger partial charge in [0.25, 0.3) is 0 Å². The van der Waals surface area contributed by atoms with Gasteiger partial charge in [-0.05, 0) is 96.3 Å². The molecule has 0 bridgehead atoms. The number of hydrogen-bond donors (Lipinski definition) is 12. The second-order valence-electron chi connectivity index (χ2n) is 25.7. The number of aliphatic hydroxyl groups excluding tert-OH is 11. The SMILES string of the molecule is CC/C=C\C/C=C\C/C=C\C/C=C\C/C=C\C/C=C\C/C=C\C/C=C\C/C=C\C/C=C\C/C=C\CCCCCCCCCC(=O)NC(COC1OC(CO)C(OC2OC(CO)C(OC3OC(CO)C(O)C(O)C3O)C(O)C2O)C(O)C1O)C(O)CCCCCCCCCCCCC. The van der Waals surface area contributed by atoms with Gasteiger partial charge in [0, 0.05) is 6.42 Å². The number of ether oxygens (including phenoxy) is 6. The Morgan fingerprint density at radius 3 is 1.11 bits per heavy atom. The maximum atomic E-state index is 13.4. The molecule has 0 spiro atoms. The molecule has 97 heavy (non-hydrogen) atoms. The van der Waals surface area contributed by atoms with E-state index in [2.05, 4.69) is 153 Å². The van der Waals surface area contributed by atoms with Crippen LogP contribution in [0.3, 0.4) is 0 Å². The lowest BCUT2D eigenvalue weighted by Gasteiger charge is -2.48. The number of amides is 1. The standard InChI is InChI=1S/C78H129NO18/c1-3-5-7-9-11-13-15-16-17-18-19-20-21-22-23-24-25-26-27-28-29-30-31-32-33-34-35-36-37-38-39-40-41-42-43-44-46-48-50-52-54-56-66(84)79-61(62(83)55-53-51-49-47-45-14-12-10-8-6-4-2)60-92-76-72(90)69(87)74(64(58-81)94-76)97-78-73(91)70(88)75(65(59-82)95-78)96-77-71(89)68(86)67(85)63(57-80)93-77/h5,7,11,13,16-17,19-20,22-23,25-26,28-29,31-32,34-35,37-38,40-41,61-65,67-78,80-83,85-91H,3-4,6,8-10,12,14-15,18,21,24,27,30,33,36,39,42-60H2,1-2H3,(H,79,84)/b7-5-,13-11-,17-16-,20-19-,23-22-,26-25-,29-28-,32-31-,35-34-,38-37-,41-40-. The predicted octanol–water partition coefficient (Wildman–Crippen LogP) is 10.9. The van der Waals surface area contributed by atoms with Crippen LogP contribution in [0.5, 0.6) is 0 Å². The lowest BCUT2D eigenvalue weighted by molar-refractivity contribution is -0.379. The van der Waals surface area contributed by atoms with Crippen LogP contribution in [-0.2, 0) is 33.2 Å². The summed E-state index contributed by atoms with van der Waals surface area (Å²) in [7, 11) is 0. The zero-order valence-electron chi connectivity index (χ0n) is 58.7. The molecule has 0 aliphatic carbocycles. The third-order valence-electron chi connectivity index (χ3n) is 17.5.